The lowest BCUT2D eigenvalue weighted by Gasteiger charge is -2.18. The average molecular weight is 312 g/mol. The molecule has 0 aromatic carbocycles. The van der Waals surface area contributed by atoms with Crippen molar-refractivity contribution >= 4 is 29.2 Å². The average Bonchev–Trinajstić information content (AvgIpc) is 2.85. The molecule has 0 atom stereocenters. The molecule has 2 aromatic heterocycles. The van der Waals surface area contributed by atoms with E-state index in [4.69, 9.17) is 20.4 Å². The monoisotopic (exact) mass is 312 g/mol. The van der Waals surface area contributed by atoms with Crippen LogP contribution in [0, 0.1) is 0 Å². The number of carboxylic acid groups (broad SMARTS) is 3. The first kappa shape index (κ1) is 17.0. The number of aliphatic carboxylic acids is 3. The van der Waals surface area contributed by atoms with Crippen LogP contribution in [0.25, 0.3) is 11.3 Å². The summed E-state index contributed by atoms with van der Waals surface area (Å²) in [6, 6.07) is 0. The highest BCUT2D eigenvalue weighted by Crippen LogP contribution is 2.15. The van der Waals surface area contributed by atoms with Crippen LogP contribution < -0.4 is 0 Å². The Hall–Kier alpha value is -3.08. The van der Waals surface area contributed by atoms with Crippen molar-refractivity contribution in [3.63, 3.8) is 0 Å². The zero-order valence-corrected chi connectivity index (χ0v) is 11.0. The van der Waals surface area contributed by atoms with Gasteiger partial charge in [0.1, 0.15) is 0 Å². The van der Waals surface area contributed by atoms with Crippen molar-refractivity contribution in [1.82, 2.24) is 19.9 Å². The Balaban J connectivity index is 0.000000231. The lowest BCUT2D eigenvalue weighted by Crippen LogP contribution is -2.42. The second kappa shape index (κ2) is 7.08. The molecule has 2 aromatic rings. The topological polar surface area (TPSA) is 187 Å². The Labute approximate surface area is 122 Å². The number of rotatable bonds is 5. The summed E-state index contributed by atoms with van der Waals surface area (Å²) in [6.45, 7) is 0. The van der Waals surface area contributed by atoms with Gasteiger partial charge in [-0.05, 0) is 0 Å². The summed E-state index contributed by atoms with van der Waals surface area (Å²) in [6.07, 6.45) is 2.53. The van der Waals surface area contributed by atoms with Crippen molar-refractivity contribution in [2.75, 3.05) is 0 Å². The number of hydrogen-bond acceptors (Lipinski definition) is 7. The maximum Gasteiger partial charge on any atom is 0.336 e. The van der Waals surface area contributed by atoms with E-state index in [2.05, 4.69) is 19.9 Å². The van der Waals surface area contributed by atoms with E-state index < -0.39 is 36.4 Å². The highest BCUT2D eigenvalue weighted by atomic mass is 16.4. The Bertz CT molecular complexity index is 638. The SMILES string of the molecule is O=C(O)CC(O)(CC(=O)O)C(=O)O.c1cnc2[nH]cnc2n1. The lowest BCUT2D eigenvalue weighted by molar-refractivity contribution is -0.170. The molecule has 0 amide bonds. The normalized spacial score (nSPS) is 10.6. The van der Waals surface area contributed by atoms with Gasteiger partial charge in [-0.2, -0.15) is 0 Å². The number of aromatic amines is 1. The third-order valence-electron chi connectivity index (χ3n) is 2.35. The zero-order chi connectivity index (χ0) is 16.8. The minimum atomic E-state index is -2.74. The molecular formula is C11H12N4O7. The van der Waals surface area contributed by atoms with Crippen molar-refractivity contribution in [2.45, 2.75) is 18.4 Å². The van der Waals surface area contributed by atoms with Crippen molar-refractivity contribution in [2.24, 2.45) is 0 Å². The van der Waals surface area contributed by atoms with Crippen LogP contribution >= 0.6 is 0 Å². The molecular weight excluding hydrogens is 300 g/mol. The molecule has 0 unspecified atom stereocenters. The molecule has 2 heterocycles. The van der Waals surface area contributed by atoms with E-state index in [9.17, 15) is 14.4 Å². The highest BCUT2D eigenvalue weighted by molar-refractivity contribution is 5.88. The number of carboxylic acids is 3. The van der Waals surface area contributed by atoms with E-state index in [0.29, 0.717) is 5.65 Å². The molecule has 0 saturated carbocycles. The largest absolute Gasteiger partial charge is 0.481 e. The van der Waals surface area contributed by atoms with E-state index in [1.165, 1.54) is 0 Å². The van der Waals surface area contributed by atoms with Gasteiger partial charge in [0, 0.05) is 12.4 Å². The van der Waals surface area contributed by atoms with Crippen molar-refractivity contribution in [3.05, 3.63) is 18.7 Å². The third kappa shape index (κ3) is 4.79. The molecule has 5 N–H and O–H groups in total. The minimum Gasteiger partial charge on any atom is -0.481 e. The Morgan fingerprint density at radius 1 is 1.00 bits per heavy atom. The second-order valence-electron chi connectivity index (χ2n) is 4.11. The van der Waals surface area contributed by atoms with E-state index in [0.717, 1.165) is 5.65 Å². The summed E-state index contributed by atoms with van der Waals surface area (Å²) in [7, 11) is 0. The molecule has 0 radical (unpaired) electrons. The fourth-order valence-corrected chi connectivity index (χ4v) is 1.40. The Morgan fingerprint density at radius 2 is 1.55 bits per heavy atom. The standard InChI is InChI=1S/C6H8O7.C5H4N4/c7-3(8)1-6(13,5(11)12)2-4(9)10;1-2-7-5-4(6-1)8-3-9-5/h13H,1-2H2,(H,7,8)(H,9,10)(H,11,12);1-3H,(H,6,7,8,9). The smallest absolute Gasteiger partial charge is 0.336 e. The summed E-state index contributed by atoms with van der Waals surface area (Å²) in [4.78, 5) is 45.1. The number of aromatic nitrogens is 4. The number of nitrogens with one attached hydrogen (secondary N) is 1. The Morgan fingerprint density at radius 3 is 2.00 bits per heavy atom. The van der Waals surface area contributed by atoms with Gasteiger partial charge >= 0.3 is 17.9 Å². The number of aliphatic hydroxyl groups is 1. The maximum absolute atomic E-state index is 10.3. The molecule has 0 aliphatic heterocycles. The summed E-state index contributed by atoms with van der Waals surface area (Å²) in [5, 5.41) is 33.8. The van der Waals surface area contributed by atoms with E-state index in [1.807, 2.05) is 0 Å². The first-order chi connectivity index (χ1) is 10.2. The van der Waals surface area contributed by atoms with E-state index in [-0.39, 0.29) is 0 Å². The molecule has 0 aliphatic carbocycles. The summed E-state index contributed by atoms with van der Waals surface area (Å²) in [5.41, 5.74) is -1.34. The third-order valence-corrected chi connectivity index (χ3v) is 2.35. The van der Waals surface area contributed by atoms with Gasteiger partial charge in [0.25, 0.3) is 0 Å². The van der Waals surface area contributed by atoms with Crippen LogP contribution in [0.1, 0.15) is 12.8 Å². The number of carbonyl (C=O) groups is 3. The van der Waals surface area contributed by atoms with Crippen LogP contribution in [0.3, 0.4) is 0 Å². The highest BCUT2D eigenvalue weighted by Gasteiger charge is 2.40. The summed E-state index contributed by atoms with van der Waals surface area (Å²) < 4.78 is 0. The van der Waals surface area contributed by atoms with Gasteiger partial charge in [-0.1, -0.05) is 0 Å². The van der Waals surface area contributed by atoms with Crippen molar-refractivity contribution in [3.8, 4) is 0 Å². The number of nitrogens with zero attached hydrogens (tertiary/aromatic N) is 3. The predicted molar refractivity (Wildman–Crippen MR) is 68.8 cm³/mol. The van der Waals surface area contributed by atoms with Crippen LogP contribution in [0.4, 0.5) is 0 Å². The number of fused-ring (bicyclic) bond motifs is 1. The molecule has 2 rings (SSSR count). The van der Waals surface area contributed by atoms with Gasteiger partial charge in [0.05, 0.1) is 19.2 Å². The van der Waals surface area contributed by atoms with E-state index >= 15 is 0 Å². The molecule has 0 fully saturated rings. The molecule has 0 saturated heterocycles. The van der Waals surface area contributed by atoms with Crippen LogP contribution in [0.5, 0.6) is 0 Å². The van der Waals surface area contributed by atoms with Crippen LogP contribution in [-0.2, 0) is 14.4 Å². The van der Waals surface area contributed by atoms with Gasteiger partial charge < -0.3 is 25.4 Å². The number of imidazole rings is 1. The maximum atomic E-state index is 10.3. The summed E-state index contributed by atoms with van der Waals surface area (Å²) >= 11 is 0. The molecule has 11 nitrogen and oxygen atoms in total. The summed E-state index contributed by atoms with van der Waals surface area (Å²) in [5.74, 6) is -5.02. The van der Waals surface area contributed by atoms with Gasteiger partial charge in [-0.25, -0.2) is 19.7 Å². The minimum absolute atomic E-state index is 0.664. The van der Waals surface area contributed by atoms with Crippen molar-refractivity contribution in [1.29, 1.82) is 0 Å². The van der Waals surface area contributed by atoms with E-state index in [1.54, 1.807) is 18.7 Å². The molecule has 118 valence electrons. The first-order valence-electron chi connectivity index (χ1n) is 5.74. The Kier molecular flexibility index (Phi) is 5.46. The van der Waals surface area contributed by atoms with Gasteiger partial charge in [-0.15, -0.1) is 0 Å². The predicted octanol–water partition coefficient (Wildman–Crippen LogP) is -0.896. The molecule has 0 spiro atoms. The second-order valence-corrected chi connectivity index (χ2v) is 4.11. The zero-order valence-electron chi connectivity index (χ0n) is 11.0. The first-order valence-corrected chi connectivity index (χ1v) is 5.74. The fourth-order valence-electron chi connectivity index (χ4n) is 1.40. The van der Waals surface area contributed by atoms with Gasteiger partial charge in [0.2, 0.25) is 0 Å². The lowest BCUT2D eigenvalue weighted by atomic mass is 9.96. The molecule has 22 heavy (non-hydrogen) atoms. The molecule has 0 bridgehead atoms. The van der Waals surface area contributed by atoms with Gasteiger partial charge in [-0.3, -0.25) is 9.59 Å². The molecule has 0 aliphatic rings. The van der Waals surface area contributed by atoms with Gasteiger partial charge in [0.15, 0.2) is 16.9 Å². The van der Waals surface area contributed by atoms with Crippen LogP contribution in [0.2, 0.25) is 0 Å². The number of hydrogen-bond donors (Lipinski definition) is 5. The van der Waals surface area contributed by atoms with Crippen LogP contribution in [0.15, 0.2) is 18.7 Å². The quantitative estimate of drug-likeness (QED) is 0.463. The number of H-pyrrole nitrogens is 1. The molecule has 11 heteroatoms. The fraction of sp³-hybridized carbons (Fsp3) is 0.273. The van der Waals surface area contributed by atoms with Crippen LogP contribution in [-0.4, -0.2) is 63.9 Å². The van der Waals surface area contributed by atoms with Crippen molar-refractivity contribution < 1.29 is 34.8 Å².